The van der Waals surface area contributed by atoms with Crippen molar-refractivity contribution in [3.63, 3.8) is 0 Å². The van der Waals surface area contributed by atoms with Gasteiger partial charge in [-0.3, -0.25) is 14.4 Å². The number of benzene rings is 1. The molecule has 9 nitrogen and oxygen atoms in total. The Morgan fingerprint density at radius 1 is 1.29 bits per heavy atom. The molecule has 168 valence electrons. The van der Waals surface area contributed by atoms with Crippen LogP contribution in [0.4, 0.5) is 0 Å². The molecule has 1 aliphatic heterocycles. The highest BCUT2D eigenvalue weighted by atomic mass is 35.5. The fourth-order valence-corrected chi connectivity index (χ4v) is 3.32. The van der Waals surface area contributed by atoms with Crippen LogP contribution in [0.2, 0.25) is 10.0 Å². The fraction of sp³-hybridized carbons (Fsp3) is 0.474. The third kappa shape index (κ3) is 7.41. The highest BCUT2D eigenvalue weighted by Crippen LogP contribution is 2.21. The zero-order valence-electron chi connectivity index (χ0n) is 17.3. The molecule has 0 saturated carbocycles. The Morgan fingerprint density at radius 3 is 2.65 bits per heavy atom. The molecular weight excluding hydrogens is 450 g/mol. The maximum absolute atomic E-state index is 12.4. The highest BCUT2D eigenvalue weighted by molar-refractivity contribution is 6.50. The summed E-state index contributed by atoms with van der Waals surface area (Å²) >= 11 is 11.9. The number of ether oxygens (including phenoxy) is 1. The standard InChI is InChI=1S/C19H23BCl2N2O7/c1-10(2)6-15(20-30-14(19(28)29-3)8-17(26)31-20)24-16(25)9-23-18(27)12-7-11(21)4-5-13(12)22/h4-5,7,10,14-15H,6,8-9H2,1-3H3,(H,23,27)(H,24,25)/t14?,15-/m0/s1. The summed E-state index contributed by atoms with van der Waals surface area (Å²) < 4.78 is 15.4. The van der Waals surface area contributed by atoms with Gasteiger partial charge in [-0.25, -0.2) is 4.79 Å². The van der Waals surface area contributed by atoms with Gasteiger partial charge in [-0.1, -0.05) is 37.0 Å². The minimum absolute atomic E-state index is 0.103. The number of methoxy groups -OCH3 is 1. The van der Waals surface area contributed by atoms with Crippen LogP contribution in [0.1, 0.15) is 37.0 Å². The van der Waals surface area contributed by atoms with Gasteiger partial charge >= 0.3 is 13.1 Å². The molecule has 1 aliphatic rings. The van der Waals surface area contributed by atoms with Crippen LogP contribution in [-0.4, -0.2) is 56.6 Å². The van der Waals surface area contributed by atoms with E-state index in [-0.39, 0.29) is 29.5 Å². The number of amides is 2. The molecule has 0 bridgehead atoms. The van der Waals surface area contributed by atoms with Gasteiger partial charge in [0.05, 0.1) is 36.6 Å². The Bertz CT molecular complexity index is 853. The van der Waals surface area contributed by atoms with E-state index in [2.05, 4.69) is 15.4 Å². The molecule has 2 atom stereocenters. The number of esters is 1. The van der Waals surface area contributed by atoms with Gasteiger partial charge in [0.2, 0.25) is 5.91 Å². The minimum Gasteiger partial charge on any atom is -0.508 e. The Balaban J connectivity index is 2.02. The molecule has 0 spiro atoms. The van der Waals surface area contributed by atoms with Crippen molar-refractivity contribution < 1.29 is 33.2 Å². The summed E-state index contributed by atoms with van der Waals surface area (Å²) in [7, 11) is 0.0119. The van der Waals surface area contributed by atoms with E-state index in [0.717, 1.165) is 0 Å². The number of nitrogens with one attached hydrogen (secondary N) is 2. The van der Waals surface area contributed by atoms with Crippen molar-refractivity contribution in [1.82, 2.24) is 10.6 Å². The summed E-state index contributed by atoms with van der Waals surface area (Å²) in [5.41, 5.74) is 0.131. The van der Waals surface area contributed by atoms with Crippen LogP contribution < -0.4 is 10.6 Å². The van der Waals surface area contributed by atoms with E-state index in [4.69, 9.17) is 32.5 Å². The van der Waals surface area contributed by atoms with E-state index in [0.29, 0.717) is 11.4 Å². The molecule has 2 amide bonds. The summed E-state index contributed by atoms with van der Waals surface area (Å²) in [5, 5.41) is 5.66. The van der Waals surface area contributed by atoms with Gasteiger partial charge in [0.1, 0.15) is 0 Å². The molecule has 1 fully saturated rings. The second-order valence-electron chi connectivity index (χ2n) is 7.32. The highest BCUT2D eigenvalue weighted by Gasteiger charge is 2.44. The summed E-state index contributed by atoms with van der Waals surface area (Å²) in [6.45, 7) is 3.45. The quantitative estimate of drug-likeness (QED) is 0.437. The minimum atomic E-state index is -1.17. The van der Waals surface area contributed by atoms with E-state index in [1.165, 1.54) is 25.3 Å². The van der Waals surface area contributed by atoms with E-state index < -0.39 is 42.9 Å². The van der Waals surface area contributed by atoms with Gasteiger partial charge in [0.25, 0.3) is 11.9 Å². The normalized spacial score (nSPS) is 17.0. The maximum Gasteiger partial charge on any atom is 0.551 e. The lowest BCUT2D eigenvalue weighted by Crippen LogP contribution is -2.57. The van der Waals surface area contributed by atoms with Crippen molar-refractivity contribution in [2.75, 3.05) is 13.7 Å². The Morgan fingerprint density at radius 2 is 2.00 bits per heavy atom. The van der Waals surface area contributed by atoms with Crippen LogP contribution in [0.15, 0.2) is 18.2 Å². The van der Waals surface area contributed by atoms with Crippen LogP contribution in [0, 0.1) is 5.92 Å². The number of hydrogen-bond donors (Lipinski definition) is 2. The van der Waals surface area contributed by atoms with Crippen LogP contribution in [0.3, 0.4) is 0 Å². The fourth-order valence-electron chi connectivity index (χ4n) is 2.95. The molecule has 1 aromatic carbocycles. The van der Waals surface area contributed by atoms with Gasteiger partial charge in [-0.15, -0.1) is 0 Å². The molecule has 2 rings (SSSR count). The smallest absolute Gasteiger partial charge is 0.508 e. The first-order valence-corrected chi connectivity index (χ1v) is 10.3. The molecule has 0 radical (unpaired) electrons. The summed E-state index contributed by atoms with van der Waals surface area (Å²) in [6.07, 6.45) is -0.999. The Kier molecular flexibility index (Phi) is 9.15. The average molecular weight is 473 g/mol. The first-order chi connectivity index (χ1) is 14.6. The lowest BCUT2D eigenvalue weighted by atomic mass is 9.72. The van der Waals surface area contributed by atoms with E-state index >= 15 is 0 Å². The van der Waals surface area contributed by atoms with Crippen LogP contribution >= 0.6 is 23.2 Å². The maximum atomic E-state index is 12.4. The number of rotatable bonds is 8. The molecule has 12 heteroatoms. The molecule has 1 saturated heterocycles. The Hall–Kier alpha value is -2.30. The van der Waals surface area contributed by atoms with Gasteiger partial charge in [-0.05, 0) is 30.5 Å². The number of carbonyl (C=O) groups excluding carboxylic acids is 4. The molecule has 1 unspecified atom stereocenters. The van der Waals surface area contributed by atoms with Gasteiger partial charge in [0.15, 0.2) is 6.10 Å². The Labute approximate surface area is 190 Å². The number of carbonyl (C=O) groups is 4. The third-order valence-corrected chi connectivity index (χ3v) is 4.91. The van der Waals surface area contributed by atoms with Crippen LogP contribution in [-0.2, 0) is 28.4 Å². The molecule has 1 heterocycles. The predicted octanol–water partition coefficient (Wildman–Crippen LogP) is 1.79. The van der Waals surface area contributed by atoms with Crippen LogP contribution in [0.5, 0.6) is 0 Å². The number of halogens is 2. The van der Waals surface area contributed by atoms with Crippen LogP contribution in [0.25, 0.3) is 0 Å². The van der Waals surface area contributed by atoms with E-state index in [9.17, 15) is 19.2 Å². The summed E-state index contributed by atoms with van der Waals surface area (Å²) in [4.78, 5) is 48.4. The van der Waals surface area contributed by atoms with Crippen molar-refractivity contribution in [1.29, 1.82) is 0 Å². The monoisotopic (exact) mass is 472 g/mol. The summed E-state index contributed by atoms with van der Waals surface area (Å²) in [6, 6.07) is 4.40. The lowest BCUT2D eigenvalue weighted by molar-refractivity contribution is -0.159. The summed E-state index contributed by atoms with van der Waals surface area (Å²) in [5.74, 6) is -3.10. The topological polar surface area (TPSA) is 120 Å². The molecular formula is C19H23BCl2N2O7. The molecule has 0 aliphatic carbocycles. The molecule has 1 aromatic rings. The van der Waals surface area contributed by atoms with E-state index in [1.54, 1.807) is 0 Å². The van der Waals surface area contributed by atoms with Crippen molar-refractivity contribution in [3.05, 3.63) is 33.8 Å². The zero-order valence-corrected chi connectivity index (χ0v) is 18.8. The second-order valence-corrected chi connectivity index (χ2v) is 8.16. The average Bonchev–Trinajstić information content (AvgIpc) is 2.71. The van der Waals surface area contributed by atoms with Gasteiger partial charge in [-0.2, -0.15) is 0 Å². The first-order valence-electron chi connectivity index (χ1n) is 9.56. The molecule has 0 aromatic heterocycles. The van der Waals surface area contributed by atoms with Crippen molar-refractivity contribution in [2.45, 2.75) is 38.7 Å². The van der Waals surface area contributed by atoms with Crippen molar-refractivity contribution >= 4 is 54.1 Å². The lowest BCUT2D eigenvalue weighted by Gasteiger charge is -2.31. The first kappa shape index (κ1) is 25.0. The largest absolute Gasteiger partial charge is 0.551 e. The number of hydrogen-bond acceptors (Lipinski definition) is 7. The third-order valence-electron chi connectivity index (χ3n) is 4.34. The second kappa shape index (κ2) is 11.4. The van der Waals surface area contributed by atoms with Crippen molar-refractivity contribution in [2.24, 2.45) is 5.92 Å². The van der Waals surface area contributed by atoms with Gasteiger partial charge < -0.3 is 24.7 Å². The van der Waals surface area contributed by atoms with E-state index in [1.807, 2.05) is 13.8 Å². The molecule has 2 N–H and O–H groups in total. The van der Waals surface area contributed by atoms with Crippen molar-refractivity contribution in [3.8, 4) is 0 Å². The molecule has 31 heavy (non-hydrogen) atoms. The van der Waals surface area contributed by atoms with Gasteiger partial charge in [0, 0.05) is 5.02 Å². The SMILES string of the molecule is COC(=O)C1CC(=O)OB([C@H](CC(C)C)NC(=O)CNC(=O)c2cc(Cl)ccc2Cl)O1. The predicted molar refractivity (Wildman–Crippen MR) is 114 cm³/mol. The zero-order chi connectivity index (χ0) is 23.1.